The fourth-order valence-electron chi connectivity index (χ4n) is 2.48. The molecule has 6 nitrogen and oxygen atoms in total. The second kappa shape index (κ2) is 8.20. The molecule has 134 valence electrons. The number of carbonyl (C=O) groups excluding carboxylic acids is 1. The average Bonchev–Trinajstić information content (AvgIpc) is 3.19. The highest BCUT2D eigenvalue weighted by atomic mass is 16.5. The van der Waals surface area contributed by atoms with Gasteiger partial charge in [0.25, 0.3) is 5.91 Å². The summed E-state index contributed by atoms with van der Waals surface area (Å²) in [6.07, 6.45) is 3.00. The van der Waals surface area contributed by atoms with Crippen LogP contribution in [-0.2, 0) is 0 Å². The van der Waals surface area contributed by atoms with Gasteiger partial charge in [-0.2, -0.15) is 0 Å². The van der Waals surface area contributed by atoms with Gasteiger partial charge < -0.3 is 19.2 Å². The molecule has 0 spiro atoms. The minimum absolute atomic E-state index is 0.208. The van der Waals surface area contributed by atoms with E-state index in [1.807, 2.05) is 26.0 Å². The molecule has 0 aliphatic rings. The first-order chi connectivity index (χ1) is 12.7. The van der Waals surface area contributed by atoms with Crippen LogP contribution in [0.3, 0.4) is 0 Å². The van der Waals surface area contributed by atoms with Crippen molar-refractivity contribution in [3.8, 4) is 22.8 Å². The topological polar surface area (TPSA) is 73.6 Å². The van der Waals surface area contributed by atoms with E-state index in [0.29, 0.717) is 41.7 Å². The maximum absolute atomic E-state index is 12.5. The Labute approximate surface area is 151 Å². The van der Waals surface area contributed by atoms with Crippen LogP contribution in [0.4, 0.5) is 5.69 Å². The Kier molecular flexibility index (Phi) is 5.53. The number of nitrogens with zero attached hydrogens (tertiary/aromatic N) is 1. The third-order valence-corrected chi connectivity index (χ3v) is 3.67. The Morgan fingerprint density at radius 1 is 1.04 bits per heavy atom. The molecule has 2 aromatic carbocycles. The van der Waals surface area contributed by atoms with Crippen LogP contribution < -0.4 is 14.8 Å². The standard InChI is InChI=1S/C20H20N2O4/c1-3-24-17-10-9-16(11-18(17)25-4-2)22-20(23)15-7-5-14(6-8-15)19-12-21-13-26-19/h5-13H,3-4H2,1-2H3,(H,22,23). The second-order valence-corrected chi connectivity index (χ2v) is 5.42. The van der Waals surface area contributed by atoms with Crippen molar-refractivity contribution in [2.24, 2.45) is 0 Å². The van der Waals surface area contributed by atoms with E-state index >= 15 is 0 Å². The molecular weight excluding hydrogens is 332 g/mol. The molecule has 1 aromatic heterocycles. The maximum Gasteiger partial charge on any atom is 0.255 e. The molecule has 0 unspecified atom stereocenters. The Bertz CT molecular complexity index is 858. The zero-order chi connectivity index (χ0) is 18.4. The number of ether oxygens (including phenoxy) is 2. The number of benzene rings is 2. The molecule has 1 N–H and O–H groups in total. The van der Waals surface area contributed by atoms with Gasteiger partial charge in [-0.15, -0.1) is 0 Å². The molecule has 0 aliphatic heterocycles. The van der Waals surface area contributed by atoms with Crippen LogP contribution in [0, 0.1) is 0 Å². The van der Waals surface area contributed by atoms with Crippen molar-refractivity contribution < 1.29 is 18.7 Å². The lowest BCUT2D eigenvalue weighted by Gasteiger charge is -2.13. The Hall–Kier alpha value is -3.28. The van der Waals surface area contributed by atoms with E-state index in [4.69, 9.17) is 13.9 Å². The van der Waals surface area contributed by atoms with Gasteiger partial charge in [0.15, 0.2) is 23.7 Å². The van der Waals surface area contributed by atoms with E-state index in [1.54, 1.807) is 36.5 Å². The lowest BCUT2D eigenvalue weighted by molar-refractivity contribution is 0.102. The predicted octanol–water partition coefficient (Wildman–Crippen LogP) is 4.39. The number of rotatable bonds is 7. The van der Waals surface area contributed by atoms with Gasteiger partial charge in [-0.05, 0) is 38.1 Å². The molecule has 3 aromatic rings. The summed E-state index contributed by atoms with van der Waals surface area (Å²) < 4.78 is 16.4. The number of carbonyl (C=O) groups is 1. The van der Waals surface area contributed by atoms with Gasteiger partial charge >= 0.3 is 0 Å². The largest absolute Gasteiger partial charge is 0.490 e. The van der Waals surface area contributed by atoms with Gasteiger partial charge in [-0.1, -0.05) is 12.1 Å². The second-order valence-electron chi connectivity index (χ2n) is 5.42. The first-order valence-electron chi connectivity index (χ1n) is 8.41. The lowest BCUT2D eigenvalue weighted by atomic mass is 10.1. The van der Waals surface area contributed by atoms with Crippen LogP contribution in [0.1, 0.15) is 24.2 Å². The van der Waals surface area contributed by atoms with E-state index in [9.17, 15) is 4.79 Å². The van der Waals surface area contributed by atoms with Crippen molar-refractivity contribution in [3.05, 3.63) is 60.6 Å². The van der Waals surface area contributed by atoms with Gasteiger partial charge in [-0.3, -0.25) is 4.79 Å². The van der Waals surface area contributed by atoms with Crippen LogP contribution in [0.5, 0.6) is 11.5 Å². The third-order valence-electron chi connectivity index (χ3n) is 3.67. The van der Waals surface area contributed by atoms with Crippen LogP contribution in [0.2, 0.25) is 0 Å². The Morgan fingerprint density at radius 2 is 1.77 bits per heavy atom. The highest BCUT2D eigenvalue weighted by Crippen LogP contribution is 2.31. The zero-order valence-electron chi connectivity index (χ0n) is 14.7. The van der Waals surface area contributed by atoms with Crippen LogP contribution in [-0.4, -0.2) is 24.1 Å². The van der Waals surface area contributed by atoms with E-state index in [-0.39, 0.29) is 5.91 Å². The van der Waals surface area contributed by atoms with Crippen LogP contribution in [0.25, 0.3) is 11.3 Å². The smallest absolute Gasteiger partial charge is 0.255 e. The average molecular weight is 352 g/mol. The highest BCUT2D eigenvalue weighted by Gasteiger charge is 2.11. The molecule has 0 saturated heterocycles. The summed E-state index contributed by atoms with van der Waals surface area (Å²) in [5.41, 5.74) is 2.04. The van der Waals surface area contributed by atoms with E-state index in [1.165, 1.54) is 6.39 Å². The fourth-order valence-corrected chi connectivity index (χ4v) is 2.48. The van der Waals surface area contributed by atoms with Gasteiger partial charge in [0.2, 0.25) is 0 Å². The molecule has 0 aliphatic carbocycles. The quantitative estimate of drug-likeness (QED) is 0.682. The first kappa shape index (κ1) is 17.5. The molecule has 1 amide bonds. The normalized spacial score (nSPS) is 10.4. The van der Waals surface area contributed by atoms with Crippen molar-refractivity contribution in [1.29, 1.82) is 0 Å². The minimum Gasteiger partial charge on any atom is -0.490 e. The highest BCUT2D eigenvalue weighted by molar-refractivity contribution is 6.04. The molecular formula is C20H20N2O4. The number of oxazole rings is 1. The Morgan fingerprint density at radius 3 is 2.42 bits per heavy atom. The molecule has 3 rings (SSSR count). The summed E-state index contributed by atoms with van der Waals surface area (Å²) in [6, 6.07) is 12.5. The monoisotopic (exact) mass is 352 g/mol. The maximum atomic E-state index is 12.5. The van der Waals surface area contributed by atoms with E-state index in [2.05, 4.69) is 10.3 Å². The van der Waals surface area contributed by atoms with E-state index in [0.717, 1.165) is 5.56 Å². The van der Waals surface area contributed by atoms with Crippen molar-refractivity contribution in [1.82, 2.24) is 4.98 Å². The number of aromatic nitrogens is 1. The summed E-state index contributed by atoms with van der Waals surface area (Å²) in [5.74, 6) is 1.71. The number of anilines is 1. The van der Waals surface area contributed by atoms with Crippen molar-refractivity contribution >= 4 is 11.6 Å². The molecule has 0 bridgehead atoms. The molecule has 0 fully saturated rings. The number of nitrogens with one attached hydrogen (secondary N) is 1. The predicted molar refractivity (Wildman–Crippen MR) is 98.7 cm³/mol. The van der Waals surface area contributed by atoms with Crippen LogP contribution >= 0.6 is 0 Å². The zero-order valence-corrected chi connectivity index (χ0v) is 14.7. The van der Waals surface area contributed by atoms with Gasteiger partial charge in [0.1, 0.15) is 0 Å². The molecule has 0 radical (unpaired) electrons. The SMILES string of the molecule is CCOc1ccc(NC(=O)c2ccc(-c3cnco3)cc2)cc1OCC. The number of hydrogen-bond acceptors (Lipinski definition) is 5. The fraction of sp³-hybridized carbons (Fsp3) is 0.200. The first-order valence-corrected chi connectivity index (χ1v) is 8.41. The molecule has 26 heavy (non-hydrogen) atoms. The lowest BCUT2D eigenvalue weighted by Crippen LogP contribution is -2.12. The van der Waals surface area contributed by atoms with Gasteiger partial charge in [0, 0.05) is 22.9 Å². The third kappa shape index (κ3) is 4.03. The summed E-state index contributed by atoms with van der Waals surface area (Å²) in [5, 5.41) is 2.87. The van der Waals surface area contributed by atoms with E-state index < -0.39 is 0 Å². The summed E-state index contributed by atoms with van der Waals surface area (Å²) in [6.45, 7) is 4.87. The van der Waals surface area contributed by atoms with Crippen LogP contribution in [0.15, 0.2) is 59.5 Å². The van der Waals surface area contributed by atoms with Crippen molar-refractivity contribution in [3.63, 3.8) is 0 Å². The molecule has 0 atom stereocenters. The summed E-state index contributed by atoms with van der Waals surface area (Å²) in [4.78, 5) is 16.4. The Balaban J connectivity index is 1.74. The summed E-state index contributed by atoms with van der Waals surface area (Å²) in [7, 11) is 0. The van der Waals surface area contributed by atoms with Gasteiger partial charge in [-0.25, -0.2) is 4.98 Å². The summed E-state index contributed by atoms with van der Waals surface area (Å²) >= 11 is 0. The number of hydrogen-bond donors (Lipinski definition) is 1. The molecule has 0 saturated carbocycles. The molecule has 6 heteroatoms. The van der Waals surface area contributed by atoms with Crippen molar-refractivity contribution in [2.75, 3.05) is 18.5 Å². The minimum atomic E-state index is -0.208. The van der Waals surface area contributed by atoms with Crippen molar-refractivity contribution in [2.45, 2.75) is 13.8 Å². The number of amides is 1. The van der Waals surface area contributed by atoms with Gasteiger partial charge in [0.05, 0.1) is 19.4 Å². The molecule has 1 heterocycles.